The maximum Gasteiger partial charge on any atom is 0.227 e. The average Bonchev–Trinajstić information content (AvgIpc) is 2.89. The van der Waals surface area contributed by atoms with Crippen LogP contribution in [0.5, 0.6) is 0 Å². The van der Waals surface area contributed by atoms with Crippen molar-refractivity contribution in [2.45, 2.75) is 0 Å². The Bertz CT molecular complexity index is 722. The van der Waals surface area contributed by atoms with Gasteiger partial charge in [-0.1, -0.05) is 18.2 Å². The van der Waals surface area contributed by atoms with E-state index in [-0.39, 0.29) is 5.89 Å². The third-order valence-electron chi connectivity index (χ3n) is 2.63. The van der Waals surface area contributed by atoms with Gasteiger partial charge in [0.15, 0.2) is 22.7 Å². The van der Waals surface area contributed by atoms with Crippen molar-refractivity contribution in [3.63, 3.8) is 0 Å². The largest absolute Gasteiger partial charge is 0.433 e. The highest BCUT2D eigenvalue weighted by molar-refractivity contribution is 5.77. The highest BCUT2D eigenvalue weighted by atomic mass is 19.2. The van der Waals surface area contributed by atoms with Gasteiger partial charge in [0.2, 0.25) is 17.5 Å². The molecule has 0 radical (unpaired) electrons. The van der Waals surface area contributed by atoms with E-state index in [0.29, 0.717) is 5.56 Å². The Morgan fingerprint density at radius 1 is 0.789 bits per heavy atom. The molecule has 0 bridgehead atoms. The monoisotopic (exact) mass is 267 g/mol. The van der Waals surface area contributed by atoms with Crippen LogP contribution < -0.4 is 0 Å². The molecule has 0 unspecified atom stereocenters. The SMILES string of the molecule is Fc1c(F)c(F)c2oc(-c3ccccc3)nc2c1F. The Kier molecular flexibility index (Phi) is 2.51. The Morgan fingerprint density at radius 2 is 1.42 bits per heavy atom. The van der Waals surface area contributed by atoms with Crippen LogP contribution in [0, 0.1) is 23.3 Å². The first-order chi connectivity index (χ1) is 9.09. The lowest BCUT2D eigenvalue weighted by molar-refractivity contribution is 0.411. The van der Waals surface area contributed by atoms with Gasteiger partial charge in [0.05, 0.1) is 0 Å². The van der Waals surface area contributed by atoms with Crippen molar-refractivity contribution >= 4 is 11.1 Å². The number of fused-ring (bicyclic) bond motifs is 1. The number of halogens is 4. The van der Waals surface area contributed by atoms with E-state index in [0.717, 1.165) is 0 Å². The molecule has 0 spiro atoms. The molecule has 0 fully saturated rings. The smallest absolute Gasteiger partial charge is 0.227 e. The van der Waals surface area contributed by atoms with Crippen LogP contribution in [0.1, 0.15) is 0 Å². The summed E-state index contributed by atoms with van der Waals surface area (Å²) in [5.74, 6) is -7.10. The van der Waals surface area contributed by atoms with E-state index < -0.39 is 34.4 Å². The maximum atomic E-state index is 13.5. The van der Waals surface area contributed by atoms with Crippen molar-refractivity contribution in [3.8, 4) is 11.5 Å². The van der Waals surface area contributed by atoms with Gasteiger partial charge in [-0.05, 0) is 12.1 Å². The number of hydrogen-bond acceptors (Lipinski definition) is 2. The van der Waals surface area contributed by atoms with E-state index in [9.17, 15) is 17.6 Å². The van der Waals surface area contributed by atoms with E-state index in [1.54, 1.807) is 30.3 Å². The van der Waals surface area contributed by atoms with E-state index in [2.05, 4.69) is 4.98 Å². The standard InChI is InChI=1S/C13H5F4NO/c14-7-8(15)10(17)12-11(9(7)16)18-13(19-12)6-4-2-1-3-5-6/h1-5H. The second-order valence-corrected chi connectivity index (χ2v) is 3.82. The molecule has 2 aromatic carbocycles. The predicted molar refractivity (Wildman–Crippen MR) is 59.3 cm³/mol. The van der Waals surface area contributed by atoms with Crippen molar-refractivity contribution < 1.29 is 22.0 Å². The first kappa shape index (κ1) is 11.7. The van der Waals surface area contributed by atoms with Crippen LogP contribution in [0.15, 0.2) is 34.7 Å². The lowest BCUT2D eigenvalue weighted by atomic mass is 10.2. The Morgan fingerprint density at radius 3 is 2.11 bits per heavy atom. The van der Waals surface area contributed by atoms with Gasteiger partial charge in [-0.2, -0.15) is 4.39 Å². The third kappa shape index (κ3) is 1.68. The lowest BCUT2D eigenvalue weighted by Gasteiger charge is -1.96. The fraction of sp³-hybridized carbons (Fsp3) is 0. The number of hydrogen-bond donors (Lipinski definition) is 0. The van der Waals surface area contributed by atoms with Gasteiger partial charge in [-0.25, -0.2) is 18.2 Å². The van der Waals surface area contributed by atoms with Crippen LogP contribution in [0.4, 0.5) is 17.6 Å². The first-order valence-electron chi connectivity index (χ1n) is 5.27. The second-order valence-electron chi connectivity index (χ2n) is 3.82. The van der Waals surface area contributed by atoms with Gasteiger partial charge in [-0.15, -0.1) is 0 Å². The predicted octanol–water partition coefficient (Wildman–Crippen LogP) is 4.05. The summed E-state index contributed by atoms with van der Waals surface area (Å²) >= 11 is 0. The molecule has 0 aliphatic heterocycles. The fourth-order valence-corrected chi connectivity index (χ4v) is 1.72. The molecule has 3 rings (SSSR count). The van der Waals surface area contributed by atoms with Crippen LogP contribution >= 0.6 is 0 Å². The number of rotatable bonds is 1. The van der Waals surface area contributed by atoms with Crippen LogP contribution in [-0.4, -0.2) is 4.98 Å². The van der Waals surface area contributed by atoms with E-state index in [1.807, 2.05) is 0 Å². The quantitative estimate of drug-likeness (QED) is 0.377. The first-order valence-corrected chi connectivity index (χ1v) is 5.27. The van der Waals surface area contributed by atoms with Gasteiger partial charge in [0.1, 0.15) is 0 Å². The van der Waals surface area contributed by atoms with Crippen molar-refractivity contribution in [1.29, 1.82) is 0 Å². The maximum absolute atomic E-state index is 13.5. The summed E-state index contributed by atoms with van der Waals surface area (Å²) in [5.41, 5.74) is -0.969. The Hall–Kier alpha value is -2.37. The molecule has 1 aromatic heterocycles. The lowest BCUT2D eigenvalue weighted by Crippen LogP contribution is -1.96. The molecule has 0 N–H and O–H groups in total. The fourth-order valence-electron chi connectivity index (χ4n) is 1.72. The molecule has 3 aromatic rings. The van der Waals surface area contributed by atoms with Crippen LogP contribution in [0.3, 0.4) is 0 Å². The molecule has 6 heteroatoms. The minimum absolute atomic E-state index is 0.113. The van der Waals surface area contributed by atoms with Crippen molar-refractivity contribution in [1.82, 2.24) is 4.98 Å². The van der Waals surface area contributed by atoms with Crippen molar-refractivity contribution in [2.24, 2.45) is 0 Å². The third-order valence-corrected chi connectivity index (χ3v) is 2.63. The molecular formula is C13H5F4NO. The zero-order valence-electron chi connectivity index (χ0n) is 9.25. The molecule has 0 atom stereocenters. The zero-order valence-corrected chi connectivity index (χ0v) is 9.25. The summed E-state index contributed by atoms with van der Waals surface area (Å²) in [5, 5.41) is 0. The summed E-state index contributed by atoms with van der Waals surface area (Å²) in [6.07, 6.45) is 0. The second kappa shape index (κ2) is 4.08. The number of aromatic nitrogens is 1. The highest BCUT2D eigenvalue weighted by Gasteiger charge is 2.25. The van der Waals surface area contributed by atoms with Gasteiger partial charge >= 0.3 is 0 Å². The van der Waals surface area contributed by atoms with E-state index >= 15 is 0 Å². The molecule has 0 saturated heterocycles. The van der Waals surface area contributed by atoms with Gasteiger partial charge < -0.3 is 4.42 Å². The summed E-state index contributed by atoms with van der Waals surface area (Å²) < 4.78 is 58.0. The summed E-state index contributed by atoms with van der Waals surface area (Å²) in [6.45, 7) is 0. The zero-order chi connectivity index (χ0) is 13.6. The number of oxazole rings is 1. The molecule has 0 aliphatic rings. The summed E-state index contributed by atoms with van der Waals surface area (Å²) in [7, 11) is 0. The molecule has 96 valence electrons. The van der Waals surface area contributed by atoms with Crippen molar-refractivity contribution in [2.75, 3.05) is 0 Å². The number of nitrogens with zero attached hydrogens (tertiary/aromatic N) is 1. The minimum atomic E-state index is -1.92. The van der Waals surface area contributed by atoms with E-state index in [1.165, 1.54) is 0 Å². The topological polar surface area (TPSA) is 26.0 Å². The normalized spacial score (nSPS) is 11.2. The van der Waals surface area contributed by atoms with Gasteiger partial charge in [0.25, 0.3) is 0 Å². The van der Waals surface area contributed by atoms with Crippen molar-refractivity contribution in [3.05, 3.63) is 53.6 Å². The van der Waals surface area contributed by atoms with Crippen LogP contribution in [-0.2, 0) is 0 Å². The van der Waals surface area contributed by atoms with E-state index in [4.69, 9.17) is 4.42 Å². The molecule has 0 amide bonds. The number of benzene rings is 2. The summed E-state index contributed by atoms with van der Waals surface area (Å²) in [6, 6.07) is 8.24. The molecule has 2 nitrogen and oxygen atoms in total. The molecule has 19 heavy (non-hydrogen) atoms. The Balaban J connectivity index is 2.33. The highest BCUT2D eigenvalue weighted by Crippen LogP contribution is 2.30. The van der Waals surface area contributed by atoms with Gasteiger partial charge in [-0.3, -0.25) is 0 Å². The van der Waals surface area contributed by atoms with Gasteiger partial charge in [0, 0.05) is 5.56 Å². The van der Waals surface area contributed by atoms with Crippen LogP contribution in [0.25, 0.3) is 22.6 Å². The molecule has 0 saturated carbocycles. The Labute approximate surface area is 104 Å². The molecule has 0 aliphatic carbocycles. The average molecular weight is 267 g/mol. The molecule has 1 heterocycles. The molecular weight excluding hydrogens is 262 g/mol. The minimum Gasteiger partial charge on any atom is -0.433 e. The van der Waals surface area contributed by atoms with Crippen LogP contribution in [0.2, 0.25) is 0 Å². The summed E-state index contributed by atoms with van der Waals surface area (Å²) in [4.78, 5) is 3.66.